The maximum atomic E-state index is 13.2. The average molecular weight is 387 g/mol. The molecule has 3 aromatic rings. The van der Waals surface area contributed by atoms with Gasteiger partial charge in [0.1, 0.15) is 5.82 Å². The molecule has 1 fully saturated rings. The summed E-state index contributed by atoms with van der Waals surface area (Å²) < 4.78 is 39.5. The standard InChI is InChI=1S/C21H20F3N3O/c22-21(23,24)16-6-3-5-14(11-16)15(13-27-10-4-9-20(27)28)12-19-25-17-7-1-2-8-18(17)26-19/h1-3,5-8,11,15H,4,9-10,12-13H2,(H,25,26). The molecule has 0 spiro atoms. The zero-order valence-electron chi connectivity index (χ0n) is 15.2. The van der Waals surface area contributed by atoms with E-state index in [0.717, 1.165) is 23.5 Å². The van der Waals surface area contributed by atoms with Crippen LogP contribution in [0.25, 0.3) is 11.0 Å². The number of likely N-dealkylation sites (tertiary alicyclic amines) is 1. The molecule has 1 unspecified atom stereocenters. The first kappa shape index (κ1) is 18.5. The lowest BCUT2D eigenvalue weighted by molar-refractivity contribution is -0.137. The Balaban J connectivity index is 1.66. The Labute approximate surface area is 160 Å². The molecule has 0 saturated carbocycles. The van der Waals surface area contributed by atoms with Gasteiger partial charge in [-0.05, 0) is 30.2 Å². The van der Waals surface area contributed by atoms with Gasteiger partial charge in [-0.15, -0.1) is 0 Å². The maximum absolute atomic E-state index is 13.2. The summed E-state index contributed by atoms with van der Waals surface area (Å²) in [6.45, 7) is 1.03. The minimum Gasteiger partial charge on any atom is -0.342 e. The van der Waals surface area contributed by atoms with Crippen LogP contribution in [0, 0.1) is 0 Å². The number of imidazole rings is 1. The molecule has 1 N–H and O–H groups in total. The summed E-state index contributed by atoms with van der Waals surface area (Å²) in [5.74, 6) is 0.488. The minimum atomic E-state index is -4.40. The Morgan fingerprint density at radius 2 is 1.96 bits per heavy atom. The Hall–Kier alpha value is -2.83. The highest BCUT2D eigenvalue weighted by Crippen LogP contribution is 2.32. The van der Waals surface area contributed by atoms with Crippen molar-refractivity contribution in [2.24, 2.45) is 0 Å². The molecule has 4 rings (SSSR count). The van der Waals surface area contributed by atoms with E-state index in [9.17, 15) is 18.0 Å². The number of carbonyl (C=O) groups is 1. The van der Waals surface area contributed by atoms with Crippen LogP contribution in [0.2, 0.25) is 0 Å². The maximum Gasteiger partial charge on any atom is 0.416 e. The second kappa shape index (κ2) is 7.30. The van der Waals surface area contributed by atoms with Crippen molar-refractivity contribution in [1.82, 2.24) is 14.9 Å². The van der Waals surface area contributed by atoms with Crippen molar-refractivity contribution in [2.75, 3.05) is 13.1 Å². The number of fused-ring (bicyclic) bond motifs is 1. The number of halogens is 3. The van der Waals surface area contributed by atoms with Crippen molar-refractivity contribution in [3.05, 3.63) is 65.5 Å². The van der Waals surface area contributed by atoms with Crippen molar-refractivity contribution in [1.29, 1.82) is 0 Å². The number of hydrogen-bond acceptors (Lipinski definition) is 2. The van der Waals surface area contributed by atoms with Crippen molar-refractivity contribution in [3.63, 3.8) is 0 Å². The summed E-state index contributed by atoms with van der Waals surface area (Å²) >= 11 is 0. The molecule has 146 valence electrons. The average Bonchev–Trinajstić information content (AvgIpc) is 3.26. The Kier molecular flexibility index (Phi) is 4.83. The van der Waals surface area contributed by atoms with Crippen LogP contribution in [0.1, 0.15) is 35.7 Å². The van der Waals surface area contributed by atoms with Gasteiger partial charge >= 0.3 is 6.18 Å². The smallest absolute Gasteiger partial charge is 0.342 e. The summed E-state index contributed by atoms with van der Waals surface area (Å²) in [6.07, 6.45) is -2.68. The Morgan fingerprint density at radius 1 is 1.14 bits per heavy atom. The van der Waals surface area contributed by atoms with Crippen molar-refractivity contribution < 1.29 is 18.0 Å². The topological polar surface area (TPSA) is 49.0 Å². The Morgan fingerprint density at radius 3 is 2.68 bits per heavy atom. The number of aromatic nitrogens is 2. The molecule has 1 aliphatic heterocycles. The van der Waals surface area contributed by atoms with E-state index in [1.54, 1.807) is 11.0 Å². The van der Waals surface area contributed by atoms with E-state index in [2.05, 4.69) is 9.97 Å². The minimum absolute atomic E-state index is 0.0570. The molecule has 2 heterocycles. The van der Waals surface area contributed by atoms with Crippen LogP contribution in [0.5, 0.6) is 0 Å². The van der Waals surface area contributed by atoms with Gasteiger partial charge in [0.15, 0.2) is 0 Å². The first-order chi connectivity index (χ1) is 13.4. The fraction of sp³-hybridized carbons (Fsp3) is 0.333. The number of nitrogens with one attached hydrogen (secondary N) is 1. The lowest BCUT2D eigenvalue weighted by atomic mass is 9.93. The van der Waals surface area contributed by atoms with Gasteiger partial charge < -0.3 is 9.88 Å². The molecule has 0 radical (unpaired) electrons. The molecule has 1 aromatic heterocycles. The number of alkyl halides is 3. The van der Waals surface area contributed by atoms with Crippen LogP contribution in [-0.4, -0.2) is 33.9 Å². The number of H-pyrrole nitrogens is 1. The quantitative estimate of drug-likeness (QED) is 0.699. The molecule has 7 heteroatoms. The second-order valence-corrected chi connectivity index (χ2v) is 7.17. The lowest BCUT2D eigenvalue weighted by Crippen LogP contribution is -2.30. The van der Waals surface area contributed by atoms with Gasteiger partial charge in [-0.25, -0.2) is 4.98 Å². The monoisotopic (exact) mass is 387 g/mol. The highest BCUT2D eigenvalue weighted by atomic mass is 19.4. The van der Waals surface area contributed by atoms with Gasteiger partial charge in [0.25, 0.3) is 0 Å². The first-order valence-electron chi connectivity index (χ1n) is 9.29. The van der Waals surface area contributed by atoms with Crippen LogP contribution in [0.15, 0.2) is 48.5 Å². The summed E-state index contributed by atoms with van der Waals surface area (Å²) in [7, 11) is 0. The molecular formula is C21H20F3N3O. The number of aromatic amines is 1. The van der Waals surface area contributed by atoms with E-state index in [4.69, 9.17) is 0 Å². The molecule has 1 amide bonds. The number of amides is 1. The lowest BCUT2D eigenvalue weighted by Gasteiger charge is -2.24. The predicted molar refractivity (Wildman–Crippen MR) is 99.8 cm³/mol. The van der Waals surface area contributed by atoms with E-state index in [0.29, 0.717) is 37.3 Å². The summed E-state index contributed by atoms with van der Waals surface area (Å²) in [5, 5.41) is 0. The number of hydrogen-bond donors (Lipinski definition) is 1. The number of para-hydroxylation sites is 2. The molecule has 1 atom stereocenters. The van der Waals surface area contributed by atoms with Gasteiger partial charge in [0.05, 0.1) is 16.6 Å². The largest absolute Gasteiger partial charge is 0.416 e. The summed E-state index contributed by atoms with van der Waals surface area (Å²) in [6, 6.07) is 13.0. The van der Waals surface area contributed by atoms with Crippen LogP contribution >= 0.6 is 0 Å². The third kappa shape index (κ3) is 3.88. The Bertz CT molecular complexity index is 963. The van der Waals surface area contributed by atoms with E-state index < -0.39 is 11.7 Å². The van der Waals surface area contributed by atoms with Crippen LogP contribution in [0.3, 0.4) is 0 Å². The van der Waals surface area contributed by atoms with Gasteiger partial charge in [0.2, 0.25) is 5.91 Å². The third-order valence-electron chi connectivity index (χ3n) is 5.18. The molecule has 0 aliphatic carbocycles. The second-order valence-electron chi connectivity index (χ2n) is 7.17. The zero-order chi connectivity index (χ0) is 19.7. The van der Waals surface area contributed by atoms with Gasteiger partial charge in [-0.2, -0.15) is 13.2 Å². The molecule has 1 saturated heterocycles. The van der Waals surface area contributed by atoms with Crippen molar-refractivity contribution in [2.45, 2.75) is 31.4 Å². The first-order valence-corrected chi connectivity index (χ1v) is 9.29. The van der Waals surface area contributed by atoms with Crippen molar-refractivity contribution in [3.8, 4) is 0 Å². The number of benzene rings is 2. The van der Waals surface area contributed by atoms with E-state index in [1.807, 2.05) is 24.3 Å². The van der Waals surface area contributed by atoms with Crippen LogP contribution in [0.4, 0.5) is 13.2 Å². The SMILES string of the molecule is O=C1CCCN1CC(Cc1nc2ccccc2[nH]1)c1cccc(C(F)(F)F)c1. The highest BCUT2D eigenvalue weighted by molar-refractivity contribution is 5.78. The number of carbonyl (C=O) groups excluding carboxylic acids is 1. The molecule has 2 aromatic carbocycles. The van der Waals surface area contributed by atoms with E-state index >= 15 is 0 Å². The van der Waals surface area contributed by atoms with Crippen molar-refractivity contribution >= 4 is 16.9 Å². The number of nitrogens with zero attached hydrogens (tertiary/aromatic N) is 2. The fourth-order valence-electron chi connectivity index (χ4n) is 3.76. The van der Waals surface area contributed by atoms with Crippen LogP contribution < -0.4 is 0 Å². The fourth-order valence-corrected chi connectivity index (χ4v) is 3.76. The molecule has 28 heavy (non-hydrogen) atoms. The van der Waals surface area contributed by atoms with Crippen LogP contribution in [-0.2, 0) is 17.4 Å². The molecule has 0 bridgehead atoms. The van der Waals surface area contributed by atoms with E-state index in [1.165, 1.54) is 12.1 Å². The highest BCUT2D eigenvalue weighted by Gasteiger charge is 2.32. The zero-order valence-corrected chi connectivity index (χ0v) is 15.2. The van der Waals surface area contributed by atoms with Gasteiger partial charge in [-0.3, -0.25) is 4.79 Å². The summed E-state index contributed by atoms with van der Waals surface area (Å²) in [4.78, 5) is 21.6. The van der Waals surface area contributed by atoms with E-state index in [-0.39, 0.29) is 11.8 Å². The van der Waals surface area contributed by atoms with Gasteiger partial charge in [0, 0.05) is 31.8 Å². The third-order valence-corrected chi connectivity index (χ3v) is 5.18. The summed E-state index contributed by atoms with van der Waals surface area (Å²) in [5.41, 5.74) is 1.59. The number of rotatable bonds is 5. The van der Waals surface area contributed by atoms with Gasteiger partial charge in [-0.1, -0.05) is 30.3 Å². The normalized spacial score (nSPS) is 16.1. The predicted octanol–water partition coefficient (Wildman–Crippen LogP) is 4.53. The molecule has 1 aliphatic rings. The molecular weight excluding hydrogens is 367 g/mol. The molecule has 4 nitrogen and oxygen atoms in total.